The fraction of sp³-hybridized carbons (Fsp3) is 0.231. The molecule has 0 bridgehead atoms. The van der Waals surface area contributed by atoms with Gasteiger partial charge in [-0.1, -0.05) is 83.4 Å². The Kier molecular flexibility index (Phi) is 4.51. The van der Waals surface area contributed by atoms with Gasteiger partial charge in [0.2, 0.25) is 0 Å². The molecule has 0 unspecified atom stereocenters. The summed E-state index contributed by atoms with van der Waals surface area (Å²) in [5.74, 6) is 0. The zero-order valence-corrected chi connectivity index (χ0v) is 16.0. The van der Waals surface area contributed by atoms with E-state index in [1.807, 2.05) is 0 Å². The normalized spacial score (nSPS) is 12.8. The maximum absolute atomic E-state index is 2.40. The summed E-state index contributed by atoms with van der Waals surface area (Å²) in [6.45, 7) is 6.54. The van der Waals surface area contributed by atoms with Crippen molar-refractivity contribution in [3.63, 3.8) is 0 Å². The number of hydrogen-bond donors (Lipinski definition) is 0. The Balaban J connectivity index is 1.55. The quantitative estimate of drug-likeness (QED) is 0.517. The molecule has 0 atom stereocenters. The lowest BCUT2D eigenvalue weighted by atomic mass is 9.95. The molecule has 1 aliphatic rings. The smallest absolute Gasteiger partial charge is 0.00227 e. The van der Waals surface area contributed by atoms with Crippen molar-refractivity contribution < 1.29 is 0 Å². The number of allylic oxidation sites excluding steroid dienone is 2. The summed E-state index contributed by atoms with van der Waals surface area (Å²) in [7, 11) is 0. The third-order valence-electron chi connectivity index (χ3n) is 5.26. The van der Waals surface area contributed by atoms with Crippen LogP contribution in [0.1, 0.15) is 44.5 Å². The molecule has 0 aliphatic heterocycles. The van der Waals surface area contributed by atoms with E-state index in [0.717, 1.165) is 19.3 Å². The van der Waals surface area contributed by atoms with E-state index in [-0.39, 0.29) is 0 Å². The molecule has 130 valence electrons. The molecule has 0 spiro atoms. The second-order valence-corrected chi connectivity index (χ2v) is 7.76. The van der Waals surface area contributed by atoms with Crippen molar-refractivity contribution in [3.05, 3.63) is 111 Å². The van der Waals surface area contributed by atoms with Gasteiger partial charge in [-0.25, -0.2) is 0 Å². The topological polar surface area (TPSA) is 0 Å². The molecular formula is C26H26. The lowest BCUT2D eigenvalue weighted by Crippen LogP contribution is -1.94. The van der Waals surface area contributed by atoms with Crippen LogP contribution < -0.4 is 0 Å². The third-order valence-corrected chi connectivity index (χ3v) is 5.26. The van der Waals surface area contributed by atoms with Crippen molar-refractivity contribution in [1.29, 1.82) is 0 Å². The number of fused-ring (bicyclic) bond motifs is 1. The predicted molar refractivity (Wildman–Crippen MR) is 112 cm³/mol. The first-order chi connectivity index (χ1) is 12.6. The molecule has 0 N–H and O–H groups in total. The van der Waals surface area contributed by atoms with Crippen LogP contribution in [0.2, 0.25) is 0 Å². The van der Waals surface area contributed by atoms with E-state index >= 15 is 0 Å². The van der Waals surface area contributed by atoms with Crippen LogP contribution in [0.5, 0.6) is 0 Å². The minimum Gasteiger partial charge on any atom is -0.0759 e. The fourth-order valence-corrected chi connectivity index (χ4v) is 4.15. The molecule has 0 nitrogen and oxygen atoms in total. The maximum Gasteiger partial charge on any atom is -0.00227 e. The van der Waals surface area contributed by atoms with E-state index in [1.54, 1.807) is 0 Å². The van der Waals surface area contributed by atoms with Gasteiger partial charge in [-0.05, 0) is 73.4 Å². The number of rotatable bonds is 4. The van der Waals surface area contributed by atoms with Crippen LogP contribution in [0, 0.1) is 20.8 Å². The highest BCUT2D eigenvalue weighted by Gasteiger charge is 2.14. The van der Waals surface area contributed by atoms with Crippen molar-refractivity contribution in [3.8, 4) is 0 Å². The summed E-state index contributed by atoms with van der Waals surface area (Å²) < 4.78 is 0. The minimum atomic E-state index is 1.01. The summed E-state index contributed by atoms with van der Waals surface area (Å²) >= 11 is 0. The predicted octanol–water partition coefficient (Wildman–Crippen LogP) is 6.38. The molecule has 1 aliphatic carbocycles. The molecule has 0 heterocycles. The Morgan fingerprint density at radius 1 is 0.654 bits per heavy atom. The van der Waals surface area contributed by atoms with E-state index in [0.29, 0.717) is 0 Å². The first-order valence-electron chi connectivity index (χ1n) is 9.51. The van der Waals surface area contributed by atoms with Gasteiger partial charge in [0.15, 0.2) is 0 Å². The number of aryl methyl sites for hydroxylation is 3. The first kappa shape index (κ1) is 16.8. The zero-order valence-electron chi connectivity index (χ0n) is 16.0. The summed E-state index contributed by atoms with van der Waals surface area (Å²) in [6.07, 6.45) is 5.51. The summed E-state index contributed by atoms with van der Waals surface area (Å²) in [6, 6.07) is 22.8. The van der Waals surface area contributed by atoms with Crippen molar-refractivity contribution in [2.24, 2.45) is 0 Å². The average Bonchev–Trinajstić information content (AvgIpc) is 2.96. The molecule has 4 rings (SSSR count). The SMILES string of the molecule is Cc1cc(C)cc(Cc2cccc(CC3=CCc4ccc(C)cc43)c2)c1. The fourth-order valence-electron chi connectivity index (χ4n) is 4.15. The minimum absolute atomic E-state index is 1.01. The van der Waals surface area contributed by atoms with E-state index in [1.165, 1.54) is 50.1 Å². The highest BCUT2D eigenvalue weighted by atomic mass is 14.2. The molecule has 0 saturated heterocycles. The molecular weight excluding hydrogens is 312 g/mol. The van der Waals surface area contributed by atoms with E-state index in [4.69, 9.17) is 0 Å². The molecule has 0 fully saturated rings. The summed E-state index contributed by atoms with van der Waals surface area (Å²) in [4.78, 5) is 0. The molecule has 0 amide bonds. The second-order valence-electron chi connectivity index (χ2n) is 7.76. The molecule has 0 radical (unpaired) electrons. The lowest BCUT2D eigenvalue weighted by molar-refractivity contribution is 1.15. The van der Waals surface area contributed by atoms with E-state index in [2.05, 4.69) is 87.5 Å². The van der Waals surface area contributed by atoms with E-state index in [9.17, 15) is 0 Å². The van der Waals surface area contributed by atoms with Gasteiger partial charge in [0, 0.05) is 0 Å². The van der Waals surface area contributed by atoms with Crippen molar-refractivity contribution in [2.45, 2.75) is 40.0 Å². The number of benzene rings is 3. The van der Waals surface area contributed by atoms with Crippen LogP contribution in [0.15, 0.2) is 66.7 Å². The third kappa shape index (κ3) is 3.65. The van der Waals surface area contributed by atoms with Crippen LogP contribution in [-0.2, 0) is 19.3 Å². The number of hydrogen-bond acceptors (Lipinski definition) is 0. The van der Waals surface area contributed by atoms with Crippen molar-refractivity contribution >= 4 is 5.57 Å². The van der Waals surface area contributed by atoms with Crippen LogP contribution in [-0.4, -0.2) is 0 Å². The molecule has 26 heavy (non-hydrogen) atoms. The standard InChI is InChI=1S/C26H26/c1-18-7-8-24-9-10-25(26(24)14-18)17-22-6-4-5-21(15-22)16-23-12-19(2)11-20(3)13-23/h4-8,10-15H,9,16-17H2,1-3H3. The Hall–Kier alpha value is -2.60. The van der Waals surface area contributed by atoms with Gasteiger partial charge in [-0.3, -0.25) is 0 Å². The van der Waals surface area contributed by atoms with Gasteiger partial charge in [0.1, 0.15) is 0 Å². The largest absolute Gasteiger partial charge is 0.0759 e. The molecule has 0 saturated carbocycles. The molecule has 3 aromatic carbocycles. The summed E-state index contributed by atoms with van der Waals surface area (Å²) in [5, 5.41) is 0. The van der Waals surface area contributed by atoms with Gasteiger partial charge >= 0.3 is 0 Å². The van der Waals surface area contributed by atoms with Gasteiger partial charge < -0.3 is 0 Å². The Labute approximate surface area is 157 Å². The van der Waals surface area contributed by atoms with Gasteiger partial charge in [-0.2, -0.15) is 0 Å². The maximum atomic E-state index is 2.40. The van der Waals surface area contributed by atoms with Gasteiger partial charge in [0.25, 0.3) is 0 Å². The first-order valence-corrected chi connectivity index (χ1v) is 9.51. The van der Waals surface area contributed by atoms with Crippen LogP contribution in [0.25, 0.3) is 5.57 Å². The lowest BCUT2D eigenvalue weighted by Gasteiger charge is -2.10. The average molecular weight is 338 g/mol. The van der Waals surface area contributed by atoms with Crippen molar-refractivity contribution in [1.82, 2.24) is 0 Å². The second kappa shape index (κ2) is 6.96. The van der Waals surface area contributed by atoms with E-state index < -0.39 is 0 Å². The van der Waals surface area contributed by atoms with Crippen LogP contribution in [0.4, 0.5) is 0 Å². The van der Waals surface area contributed by atoms with Gasteiger partial charge in [-0.15, -0.1) is 0 Å². The summed E-state index contributed by atoms with van der Waals surface area (Å²) in [5.41, 5.74) is 12.6. The Morgan fingerprint density at radius 3 is 2.15 bits per heavy atom. The van der Waals surface area contributed by atoms with Crippen molar-refractivity contribution in [2.75, 3.05) is 0 Å². The van der Waals surface area contributed by atoms with Crippen LogP contribution in [0.3, 0.4) is 0 Å². The van der Waals surface area contributed by atoms with Crippen LogP contribution >= 0.6 is 0 Å². The highest BCUT2D eigenvalue weighted by molar-refractivity contribution is 5.75. The molecule has 3 aromatic rings. The molecule has 0 heteroatoms. The monoisotopic (exact) mass is 338 g/mol. The van der Waals surface area contributed by atoms with Gasteiger partial charge in [0.05, 0.1) is 0 Å². The highest BCUT2D eigenvalue weighted by Crippen LogP contribution is 2.31. The Morgan fingerprint density at radius 2 is 1.38 bits per heavy atom. The molecule has 0 aromatic heterocycles. The zero-order chi connectivity index (χ0) is 18.1. The Bertz CT molecular complexity index is 968.